The van der Waals surface area contributed by atoms with E-state index in [1.54, 1.807) is 41.8 Å². The molecule has 1 unspecified atom stereocenters. The third kappa shape index (κ3) is 2.92. The van der Waals surface area contributed by atoms with Gasteiger partial charge in [0, 0.05) is 37.6 Å². The molecule has 1 amide bonds. The van der Waals surface area contributed by atoms with Gasteiger partial charge in [0.05, 0.1) is 19.7 Å². The van der Waals surface area contributed by atoms with Gasteiger partial charge in [-0.25, -0.2) is 19.9 Å². The van der Waals surface area contributed by atoms with Crippen LogP contribution in [0, 0.1) is 0 Å². The Bertz CT molecular complexity index is 706. The van der Waals surface area contributed by atoms with E-state index in [2.05, 4.69) is 19.9 Å². The molecule has 124 valence electrons. The van der Waals surface area contributed by atoms with E-state index in [-0.39, 0.29) is 23.4 Å². The van der Waals surface area contributed by atoms with Gasteiger partial charge >= 0.3 is 6.01 Å². The Balaban J connectivity index is 1.36. The average molecular weight is 327 g/mol. The van der Waals surface area contributed by atoms with Gasteiger partial charge in [0.2, 0.25) is 5.82 Å². The van der Waals surface area contributed by atoms with Crippen LogP contribution in [0.15, 0.2) is 36.9 Å². The summed E-state index contributed by atoms with van der Waals surface area (Å²) in [5.74, 6) is 0.0490. The SMILES string of the molecule is O=C(c1ncccn1)N1CC2(CC(Oc3ncccn3)CCO2)C1. The molecule has 0 aromatic carbocycles. The van der Waals surface area contributed by atoms with E-state index in [0.717, 1.165) is 6.42 Å². The summed E-state index contributed by atoms with van der Waals surface area (Å²) in [6.45, 7) is 1.65. The van der Waals surface area contributed by atoms with Crippen LogP contribution in [0.2, 0.25) is 0 Å². The second-order valence-corrected chi connectivity index (χ2v) is 6.03. The van der Waals surface area contributed by atoms with Crippen molar-refractivity contribution in [3.8, 4) is 6.01 Å². The number of hydrogen-bond acceptors (Lipinski definition) is 7. The van der Waals surface area contributed by atoms with Crippen molar-refractivity contribution in [2.75, 3.05) is 19.7 Å². The Kier molecular flexibility index (Phi) is 3.81. The van der Waals surface area contributed by atoms with Crippen LogP contribution in [-0.2, 0) is 4.74 Å². The molecule has 2 fully saturated rings. The molecule has 0 bridgehead atoms. The van der Waals surface area contributed by atoms with Crippen molar-refractivity contribution in [1.82, 2.24) is 24.8 Å². The number of amides is 1. The Morgan fingerprint density at radius 2 is 1.79 bits per heavy atom. The first kappa shape index (κ1) is 14.9. The van der Waals surface area contributed by atoms with Crippen molar-refractivity contribution in [3.05, 3.63) is 42.7 Å². The molecule has 0 N–H and O–H groups in total. The van der Waals surface area contributed by atoms with Crippen molar-refractivity contribution < 1.29 is 14.3 Å². The van der Waals surface area contributed by atoms with Crippen LogP contribution in [0.4, 0.5) is 0 Å². The third-order valence-corrected chi connectivity index (χ3v) is 4.26. The molecule has 2 aromatic heterocycles. The Morgan fingerprint density at radius 3 is 2.50 bits per heavy atom. The second kappa shape index (κ2) is 6.12. The molecule has 0 saturated carbocycles. The van der Waals surface area contributed by atoms with Crippen LogP contribution in [0.25, 0.3) is 0 Å². The van der Waals surface area contributed by atoms with Crippen molar-refractivity contribution >= 4 is 5.91 Å². The van der Waals surface area contributed by atoms with Gasteiger partial charge in [0.1, 0.15) is 11.7 Å². The van der Waals surface area contributed by atoms with Gasteiger partial charge in [-0.1, -0.05) is 0 Å². The molecule has 2 aliphatic rings. The summed E-state index contributed by atoms with van der Waals surface area (Å²) in [6.07, 6.45) is 7.93. The number of ether oxygens (including phenoxy) is 2. The van der Waals surface area contributed by atoms with Gasteiger partial charge in [0.15, 0.2) is 0 Å². The summed E-state index contributed by atoms with van der Waals surface area (Å²) in [6, 6.07) is 3.82. The summed E-state index contributed by atoms with van der Waals surface area (Å²) in [4.78, 5) is 30.2. The average Bonchev–Trinajstić information content (AvgIpc) is 2.61. The molecule has 1 spiro atoms. The van der Waals surface area contributed by atoms with Crippen molar-refractivity contribution in [3.63, 3.8) is 0 Å². The minimum atomic E-state index is -0.345. The molecule has 24 heavy (non-hydrogen) atoms. The number of rotatable bonds is 3. The molecule has 2 aliphatic heterocycles. The first-order chi connectivity index (χ1) is 11.7. The van der Waals surface area contributed by atoms with E-state index < -0.39 is 0 Å². The lowest BCUT2D eigenvalue weighted by Gasteiger charge is -2.52. The summed E-state index contributed by atoms with van der Waals surface area (Å²) in [7, 11) is 0. The zero-order valence-corrected chi connectivity index (χ0v) is 13.0. The summed E-state index contributed by atoms with van der Waals surface area (Å²) < 4.78 is 11.8. The first-order valence-corrected chi connectivity index (χ1v) is 7.88. The van der Waals surface area contributed by atoms with Crippen LogP contribution >= 0.6 is 0 Å². The standard InChI is InChI=1S/C16H17N5O3/c22-14(13-17-4-1-5-18-13)21-10-16(11-21)9-12(3-8-23-16)24-15-19-6-2-7-20-15/h1-2,4-7,12H,3,8-11H2. The lowest BCUT2D eigenvalue weighted by Crippen LogP contribution is -2.67. The Labute approximate surface area is 138 Å². The lowest BCUT2D eigenvalue weighted by atomic mass is 9.84. The van der Waals surface area contributed by atoms with Gasteiger partial charge in [0.25, 0.3) is 5.91 Å². The van der Waals surface area contributed by atoms with Gasteiger partial charge in [-0.3, -0.25) is 4.79 Å². The lowest BCUT2D eigenvalue weighted by molar-refractivity contribution is -0.174. The van der Waals surface area contributed by atoms with E-state index in [1.165, 1.54) is 0 Å². The predicted octanol–water partition coefficient (Wildman–Crippen LogP) is 0.719. The van der Waals surface area contributed by atoms with E-state index >= 15 is 0 Å². The minimum Gasteiger partial charge on any atom is -0.460 e. The number of aromatic nitrogens is 4. The van der Waals surface area contributed by atoms with Crippen molar-refractivity contribution in [1.29, 1.82) is 0 Å². The Morgan fingerprint density at radius 1 is 1.12 bits per heavy atom. The maximum absolute atomic E-state index is 12.3. The zero-order valence-electron chi connectivity index (χ0n) is 13.0. The van der Waals surface area contributed by atoms with Gasteiger partial charge < -0.3 is 14.4 Å². The normalized spacial score (nSPS) is 22.0. The fourth-order valence-electron chi connectivity index (χ4n) is 3.14. The molecule has 0 radical (unpaired) electrons. The second-order valence-electron chi connectivity index (χ2n) is 6.03. The highest BCUT2D eigenvalue weighted by molar-refractivity contribution is 5.91. The van der Waals surface area contributed by atoms with E-state index in [0.29, 0.717) is 32.1 Å². The number of likely N-dealkylation sites (tertiary alicyclic amines) is 1. The highest BCUT2D eigenvalue weighted by Crippen LogP contribution is 2.35. The molecule has 2 aromatic rings. The Hall–Kier alpha value is -2.61. The topological polar surface area (TPSA) is 90.3 Å². The molecular formula is C16H17N5O3. The molecule has 8 heteroatoms. The maximum atomic E-state index is 12.3. The fraction of sp³-hybridized carbons (Fsp3) is 0.438. The molecule has 0 aliphatic carbocycles. The molecular weight excluding hydrogens is 310 g/mol. The van der Waals surface area contributed by atoms with E-state index in [1.807, 2.05) is 0 Å². The quantitative estimate of drug-likeness (QED) is 0.820. The first-order valence-electron chi connectivity index (χ1n) is 7.88. The summed E-state index contributed by atoms with van der Waals surface area (Å²) in [5, 5.41) is 0. The predicted molar refractivity (Wildman–Crippen MR) is 82.3 cm³/mol. The number of carbonyl (C=O) groups excluding carboxylic acids is 1. The van der Waals surface area contributed by atoms with Crippen LogP contribution in [-0.4, -0.2) is 62.1 Å². The zero-order chi connectivity index (χ0) is 16.4. The van der Waals surface area contributed by atoms with Crippen molar-refractivity contribution in [2.45, 2.75) is 24.5 Å². The van der Waals surface area contributed by atoms with Crippen molar-refractivity contribution in [2.24, 2.45) is 0 Å². The van der Waals surface area contributed by atoms with Crippen LogP contribution < -0.4 is 4.74 Å². The maximum Gasteiger partial charge on any atom is 0.316 e. The smallest absolute Gasteiger partial charge is 0.316 e. The number of carbonyl (C=O) groups is 1. The summed E-state index contributed by atoms with van der Waals surface area (Å²) in [5.41, 5.74) is -0.345. The van der Waals surface area contributed by atoms with Gasteiger partial charge in [-0.05, 0) is 12.1 Å². The largest absolute Gasteiger partial charge is 0.460 e. The van der Waals surface area contributed by atoms with Crippen LogP contribution in [0.5, 0.6) is 6.01 Å². The summed E-state index contributed by atoms with van der Waals surface area (Å²) >= 11 is 0. The number of hydrogen-bond donors (Lipinski definition) is 0. The highest BCUT2D eigenvalue weighted by atomic mass is 16.5. The molecule has 4 rings (SSSR count). The molecule has 1 atom stereocenters. The number of nitrogens with zero attached hydrogens (tertiary/aromatic N) is 5. The minimum absolute atomic E-state index is 0.00798. The molecule has 4 heterocycles. The van der Waals surface area contributed by atoms with E-state index in [9.17, 15) is 4.79 Å². The highest BCUT2D eigenvalue weighted by Gasteiger charge is 2.50. The molecule has 2 saturated heterocycles. The molecule has 8 nitrogen and oxygen atoms in total. The fourth-order valence-corrected chi connectivity index (χ4v) is 3.14. The van der Waals surface area contributed by atoms with Crippen LogP contribution in [0.1, 0.15) is 23.5 Å². The third-order valence-electron chi connectivity index (χ3n) is 4.26. The van der Waals surface area contributed by atoms with Gasteiger partial charge in [-0.15, -0.1) is 0 Å². The van der Waals surface area contributed by atoms with E-state index in [4.69, 9.17) is 9.47 Å². The monoisotopic (exact) mass is 327 g/mol. The van der Waals surface area contributed by atoms with Crippen LogP contribution in [0.3, 0.4) is 0 Å². The van der Waals surface area contributed by atoms with Gasteiger partial charge in [-0.2, -0.15) is 0 Å².